The normalized spacial score (nSPS) is 12.0. The molecule has 5 aromatic rings. The van der Waals surface area contributed by atoms with E-state index in [0.29, 0.717) is 34.5 Å². The van der Waals surface area contributed by atoms with Crippen LogP contribution >= 0.6 is 0 Å². The number of pyridine rings is 3. The van der Waals surface area contributed by atoms with Gasteiger partial charge in [-0.3, -0.25) is 9.97 Å². The average Bonchev–Trinajstić information content (AvgIpc) is 3.40. The Labute approximate surface area is 230 Å². The summed E-state index contributed by atoms with van der Waals surface area (Å²) in [5.74, 6) is 2.17. The first kappa shape index (κ1) is 26.3. The van der Waals surface area contributed by atoms with Crippen molar-refractivity contribution < 1.29 is 9.15 Å². The van der Waals surface area contributed by atoms with Crippen LogP contribution < -0.4 is 4.74 Å². The van der Waals surface area contributed by atoms with Gasteiger partial charge in [0.25, 0.3) is 0 Å². The molecule has 0 fully saturated rings. The van der Waals surface area contributed by atoms with Gasteiger partial charge in [-0.2, -0.15) is 0 Å². The zero-order chi connectivity index (χ0) is 27.8. The zero-order valence-corrected chi connectivity index (χ0v) is 23.6. The third-order valence-corrected chi connectivity index (χ3v) is 6.64. The van der Waals surface area contributed by atoms with Crippen LogP contribution in [0.5, 0.6) is 11.6 Å². The first-order valence-electron chi connectivity index (χ1n) is 13.1. The summed E-state index contributed by atoms with van der Waals surface area (Å²) >= 11 is 0. The molecule has 0 saturated carbocycles. The van der Waals surface area contributed by atoms with E-state index in [-0.39, 0.29) is 10.8 Å². The highest BCUT2D eigenvalue weighted by atomic mass is 16.5. The van der Waals surface area contributed by atoms with E-state index in [1.165, 1.54) is 5.56 Å². The first-order valence-corrected chi connectivity index (χ1v) is 13.1. The molecule has 6 nitrogen and oxygen atoms in total. The minimum atomic E-state index is -0.128. The summed E-state index contributed by atoms with van der Waals surface area (Å²) < 4.78 is 12.7. The standard InChI is InChI=1S/C33H34N4O2/c1-21-30(25(14-16-34-21)31-36-20-28(38-31)22-11-9-8-10-12-22)39-29-19-24(33(5,6)7)18-27(37-29)26-17-23(13-15-35-26)32(2,3)4/h8-20H,1-7H3. The molecule has 0 unspecified atom stereocenters. The molecule has 0 aliphatic carbocycles. The van der Waals surface area contributed by atoms with Crippen molar-refractivity contribution in [1.29, 1.82) is 0 Å². The van der Waals surface area contributed by atoms with E-state index >= 15 is 0 Å². The molecular weight excluding hydrogens is 484 g/mol. The van der Waals surface area contributed by atoms with E-state index in [2.05, 4.69) is 74.7 Å². The molecule has 4 aromatic heterocycles. The maximum Gasteiger partial charge on any atom is 0.230 e. The highest BCUT2D eigenvalue weighted by molar-refractivity contribution is 5.67. The highest BCUT2D eigenvalue weighted by Crippen LogP contribution is 2.38. The van der Waals surface area contributed by atoms with Crippen LogP contribution in [0.1, 0.15) is 58.4 Å². The second kappa shape index (κ2) is 10.1. The molecule has 0 radical (unpaired) electrons. The van der Waals surface area contributed by atoms with Gasteiger partial charge in [0.2, 0.25) is 11.8 Å². The predicted molar refractivity (Wildman–Crippen MR) is 155 cm³/mol. The summed E-state index contributed by atoms with van der Waals surface area (Å²) in [6, 6.07) is 20.0. The van der Waals surface area contributed by atoms with Gasteiger partial charge in [0.05, 0.1) is 28.8 Å². The number of benzene rings is 1. The lowest BCUT2D eigenvalue weighted by Gasteiger charge is -2.22. The number of hydrogen-bond donors (Lipinski definition) is 0. The van der Waals surface area contributed by atoms with Gasteiger partial charge >= 0.3 is 0 Å². The largest absolute Gasteiger partial charge is 0.436 e. The van der Waals surface area contributed by atoms with E-state index < -0.39 is 0 Å². The van der Waals surface area contributed by atoms with Crippen molar-refractivity contribution in [2.75, 3.05) is 0 Å². The maximum atomic E-state index is 6.50. The van der Waals surface area contributed by atoms with Gasteiger partial charge < -0.3 is 9.15 Å². The van der Waals surface area contributed by atoms with Crippen LogP contribution in [-0.2, 0) is 10.8 Å². The lowest BCUT2D eigenvalue weighted by atomic mass is 9.86. The fraction of sp³-hybridized carbons (Fsp3) is 0.273. The minimum Gasteiger partial charge on any atom is -0.436 e. The Kier molecular flexibility index (Phi) is 6.81. The highest BCUT2D eigenvalue weighted by Gasteiger charge is 2.22. The summed E-state index contributed by atoms with van der Waals surface area (Å²) in [7, 11) is 0. The number of ether oxygens (including phenoxy) is 1. The van der Waals surface area contributed by atoms with Crippen molar-refractivity contribution in [3.05, 3.63) is 96.1 Å². The fourth-order valence-corrected chi connectivity index (χ4v) is 4.25. The van der Waals surface area contributed by atoms with Gasteiger partial charge in [-0.25, -0.2) is 9.97 Å². The van der Waals surface area contributed by atoms with E-state index in [1.54, 1.807) is 12.4 Å². The number of nitrogens with zero attached hydrogens (tertiary/aromatic N) is 4. The second-order valence-corrected chi connectivity index (χ2v) is 11.8. The molecular formula is C33H34N4O2. The molecule has 0 aliphatic rings. The molecule has 0 amide bonds. The molecule has 39 heavy (non-hydrogen) atoms. The van der Waals surface area contributed by atoms with Gasteiger partial charge in [0.1, 0.15) is 0 Å². The number of aromatic nitrogens is 4. The Hall–Kier alpha value is -4.32. The SMILES string of the molecule is Cc1nccc(-c2ncc(-c3ccccc3)o2)c1Oc1cc(C(C)(C)C)cc(-c2cc(C(C)(C)C)ccn2)n1. The number of aryl methyl sites for hydroxylation is 1. The quantitative estimate of drug-likeness (QED) is 0.232. The van der Waals surface area contributed by atoms with Crippen LogP contribution in [0, 0.1) is 6.92 Å². The lowest BCUT2D eigenvalue weighted by Crippen LogP contribution is -2.13. The van der Waals surface area contributed by atoms with Crippen molar-refractivity contribution in [1.82, 2.24) is 19.9 Å². The molecule has 0 bridgehead atoms. The zero-order valence-electron chi connectivity index (χ0n) is 23.6. The second-order valence-electron chi connectivity index (χ2n) is 11.8. The Morgan fingerprint density at radius 3 is 2.13 bits per heavy atom. The molecule has 4 heterocycles. The number of oxazole rings is 1. The minimum absolute atomic E-state index is 0.00494. The van der Waals surface area contributed by atoms with Crippen molar-refractivity contribution in [2.45, 2.75) is 59.3 Å². The number of hydrogen-bond acceptors (Lipinski definition) is 6. The third kappa shape index (κ3) is 5.75. The molecule has 0 spiro atoms. The van der Waals surface area contributed by atoms with E-state index in [4.69, 9.17) is 14.1 Å². The Morgan fingerprint density at radius 2 is 1.41 bits per heavy atom. The van der Waals surface area contributed by atoms with Crippen molar-refractivity contribution >= 4 is 0 Å². The molecule has 1 aromatic carbocycles. The van der Waals surface area contributed by atoms with Gasteiger partial charge in [-0.1, -0.05) is 71.9 Å². The Balaban J connectivity index is 1.58. The summed E-state index contributed by atoms with van der Waals surface area (Å²) in [4.78, 5) is 18.6. The molecule has 0 aliphatic heterocycles. The van der Waals surface area contributed by atoms with Crippen LogP contribution in [0.15, 0.2) is 83.7 Å². The summed E-state index contributed by atoms with van der Waals surface area (Å²) in [5.41, 5.74) is 6.10. The van der Waals surface area contributed by atoms with Crippen LogP contribution in [0.2, 0.25) is 0 Å². The number of rotatable bonds is 5. The maximum absolute atomic E-state index is 6.50. The lowest BCUT2D eigenvalue weighted by molar-refractivity contribution is 0.452. The Bertz CT molecular complexity index is 1610. The van der Waals surface area contributed by atoms with Crippen LogP contribution in [0.4, 0.5) is 0 Å². The van der Waals surface area contributed by atoms with Crippen molar-refractivity contribution in [3.8, 4) is 45.8 Å². The van der Waals surface area contributed by atoms with Gasteiger partial charge in [0, 0.05) is 24.0 Å². The van der Waals surface area contributed by atoms with Gasteiger partial charge in [-0.15, -0.1) is 0 Å². The molecule has 0 N–H and O–H groups in total. The third-order valence-electron chi connectivity index (χ3n) is 6.64. The van der Waals surface area contributed by atoms with Crippen LogP contribution in [0.25, 0.3) is 34.2 Å². The van der Waals surface area contributed by atoms with Crippen LogP contribution in [0.3, 0.4) is 0 Å². The van der Waals surface area contributed by atoms with Crippen LogP contribution in [-0.4, -0.2) is 19.9 Å². The van der Waals surface area contributed by atoms with Gasteiger partial charge in [0.15, 0.2) is 11.5 Å². The Morgan fingerprint density at radius 1 is 0.718 bits per heavy atom. The average molecular weight is 519 g/mol. The van der Waals surface area contributed by atoms with E-state index in [9.17, 15) is 0 Å². The molecule has 0 atom stereocenters. The predicted octanol–water partition coefficient (Wildman–Crippen LogP) is 8.56. The monoisotopic (exact) mass is 518 g/mol. The summed E-state index contributed by atoms with van der Waals surface area (Å²) in [6.45, 7) is 15.0. The molecule has 5 rings (SSSR count). The molecule has 6 heteroatoms. The topological polar surface area (TPSA) is 73.9 Å². The van der Waals surface area contributed by atoms with Crippen molar-refractivity contribution in [2.24, 2.45) is 0 Å². The van der Waals surface area contributed by atoms with Gasteiger partial charge in [-0.05, 0) is 53.1 Å². The van der Waals surface area contributed by atoms with E-state index in [1.807, 2.05) is 55.6 Å². The van der Waals surface area contributed by atoms with E-state index in [0.717, 1.165) is 22.5 Å². The molecule has 198 valence electrons. The smallest absolute Gasteiger partial charge is 0.230 e. The van der Waals surface area contributed by atoms with Crippen molar-refractivity contribution in [3.63, 3.8) is 0 Å². The summed E-state index contributed by atoms with van der Waals surface area (Å²) in [5, 5.41) is 0. The first-order chi connectivity index (χ1) is 18.5. The summed E-state index contributed by atoms with van der Waals surface area (Å²) in [6.07, 6.45) is 5.31. The fourth-order valence-electron chi connectivity index (χ4n) is 4.25. The molecule has 0 saturated heterocycles.